The van der Waals surface area contributed by atoms with Gasteiger partial charge in [-0.2, -0.15) is 0 Å². The Bertz CT molecular complexity index is 883. The number of hydroxylamine groups is 2. The van der Waals surface area contributed by atoms with Crippen LogP contribution < -0.4 is 0 Å². The van der Waals surface area contributed by atoms with Gasteiger partial charge in [0, 0.05) is 16.9 Å². The van der Waals surface area contributed by atoms with Gasteiger partial charge < -0.3 is 10.2 Å². The molecule has 2 N–H and O–H groups in total. The Labute approximate surface area is 189 Å². The van der Waals surface area contributed by atoms with Crippen LogP contribution in [0.15, 0.2) is 60.7 Å². The van der Waals surface area contributed by atoms with Crippen molar-refractivity contribution in [3.05, 3.63) is 71.8 Å². The number of aliphatic hydroxyl groups is 2. The molecule has 6 rings (SSSR count). The Balaban J connectivity index is 0.000000166. The van der Waals surface area contributed by atoms with Crippen molar-refractivity contribution < 1.29 is 24.7 Å². The van der Waals surface area contributed by atoms with Crippen LogP contribution in [0.1, 0.15) is 48.0 Å². The van der Waals surface area contributed by atoms with Crippen molar-refractivity contribution in [1.29, 1.82) is 0 Å². The summed E-state index contributed by atoms with van der Waals surface area (Å²) in [6, 6.07) is 19.1. The van der Waals surface area contributed by atoms with Crippen molar-refractivity contribution in [1.82, 2.24) is 5.23 Å². The van der Waals surface area contributed by atoms with Gasteiger partial charge in [0.1, 0.15) is 0 Å². The van der Waals surface area contributed by atoms with E-state index < -0.39 is 5.79 Å². The monoisotopic (exact) mass is 439 g/mol. The summed E-state index contributed by atoms with van der Waals surface area (Å²) in [5.41, 5.74) is 1.48. The van der Waals surface area contributed by atoms with E-state index in [0.717, 1.165) is 49.2 Å². The average molecular weight is 440 g/mol. The van der Waals surface area contributed by atoms with E-state index in [4.69, 9.17) is 0 Å². The molecule has 0 saturated heterocycles. The van der Waals surface area contributed by atoms with Crippen LogP contribution in [0, 0.1) is 23.2 Å². The average Bonchev–Trinajstić information content (AvgIpc) is 2.80. The van der Waals surface area contributed by atoms with E-state index in [0.29, 0.717) is 5.56 Å². The Morgan fingerprint density at radius 1 is 0.906 bits per heavy atom. The molecular formula is C26H33NO5. The smallest absolute Gasteiger partial charge is 0.303 e. The van der Waals surface area contributed by atoms with Gasteiger partial charge in [0.05, 0.1) is 14.2 Å². The number of nitrogens with zero attached hydrogens (tertiary/aromatic N) is 1. The van der Waals surface area contributed by atoms with Crippen molar-refractivity contribution >= 4 is 5.91 Å². The lowest BCUT2D eigenvalue weighted by molar-refractivity contribution is -0.336. The molecule has 6 heteroatoms. The maximum atomic E-state index is 11.5. The molecule has 1 amide bonds. The predicted octanol–water partition coefficient (Wildman–Crippen LogP) is 3.99. The van der Waals surface area contributed by atoms with Gasteiger partial charge in [-0.3, -0.25) is 4.79 Å². The minimum absolute atomic E-state index is 0.113. The molecule has 2 aromatic rings. The summed E-state index contributed by atoms with van der Waals surface area (Å²) in [6.45, 7) is 0. The highest BCUT2D eigenvalue weighted by Crippen LogP contribution is 2.64. The lowest BCUT2D eigenvalue weighted by atomic mass is 9.45. The molecule has 2 atom stereocenters. The molecule has 0 spiro atoms. The molecule has 2 unspecified atom stereocenters. The molecule has 4 bridgehead atoms. The van der Waals surface area contributed by atoms with Gasteiger partial charge in [-0.25, -0.2) is 9.68 Å². The van der Waals surface area contributed by atoms with Gasteiger partial charge in [-0.15, -0.1) is 0 Å². The zero-order chi connectivity index (χ0) is 22.8. The van der Waals surface area contributed by atoms with Crippen LogP contribution in [-0.4, -0.2) is 41.4 Å². The molecule has 172 valence electrons. The number of hydrogen-bond donors (Lipinski definition) is 2. The van der Waals surface area contributed by atoms with Crippen LogP contribution in [-0.2, 0) is 16.1 Å². The number of carbonyl (C=O) groups is 1. The molecular weight excluding hydrogens is 406 g/mol. The van der Waals surface area contributed by atoms with Crippen molar-refractivity contribution in [3.8, 4) is 0 Å². The maximum absolute atomic E-state index is 11.5. The molecule has 0 aromatic heterocycles. The molecule has 4 aliphatic rings. The van der Waals surface area contributed by atoms with Gasteiger partial charge in [0.2, 0.25) is 0 Å². The molecule has 0 radical (unpaired) electrons. The quantitative estimate of drug-likeness (QED) is 0.544. The van der Waals surface area contributed by atoms with Crippen LogP contribution in [0.2, 0.25) is 0 Å². The first-order valence-corrected chi connectivity index (χ1v) is 11.3. The van der Waals surface area contributed by atoms with E-state index in [2.05, 4.69) is 21.8 Å². The SMILES string of the molecule is CON(OC)C(=O)c1ccccc1.OC1(O)C2CC3CC(C2)CC1(Cc1ccccc1)C3. The highest BCUT2D eigenvalue weighted by atomic mass is 16.9. The standard InChI is InChI=1S/C17H22O2.C9H11NO3/c18-17(19)15-7-13-6-14(8-15)11-16(17,10-13)9-12-4-2-1-3-5-12;1-12-10(13-2)9(11)8-6-4-3-5-7-8/h1-5,13-15,18-19H,6-11H2;3-7H,1-2H3. The highest BCUT2D eigenvalue weighted by molar-refractivity contribution is 5.92. The number of amides is 1. The molecule has 32 heavy (non-hydrogen) atoms. The fourth-order valence-electron chi connectivity index (χ4n) is 6.34. The minimum Gasteiger partial charge on any atom is -0.365 e. The van der Waals surface area contributed by atoms with E-state index in [1.165, 1.54) is 26.2 Å². The Morgan fingerprint density at radius 2 is 1.44 bits per heavy atom. The second-order valence-electron chi connectivity index (χ2n) is 9.51. The summed E-state index contributed by atoms with van der Waals surface area (Å²) in [7, 11) is 2.73. The van der Waals surface area contributed by atoms with Crippen molar-refractivity contribution in [2.45, 2.75) is 44.3 Å². The van der Waals surface area contributed by atoms with Gasteiger partial charge in [0.25, 0.3) is 0 Å². The third-order valence-electron chi connectivity index (χ3n) is 7.51. The molecule has 0 aliphatic heterocycles. The Hall–Kier alpha value is -2.25. The molecule has 2 aromatic carbocycles. The van der Waals surface area contributed by atoms with Crippen LogP contribution >= 0.6 is 0 Å². The third kappa shape index (κ3) is 4.33. The lowest BCUT2D eigenvalue weighted by Gasteiger charge is -2.63. The summed E-state index contributed by atoms with van der Waals surface area (Å²) in [4.78, 5) is 20.8. The second kappa shape index (κ2) is 9.32. The molecule has 4 aliphatic carbocycles. The van der Waals surface area contributed by atoms with E-state index in [1.807, 2.05) is 24.3 Å². The summed E-state index contributed by atoms with van der Waals surface area (Å²) in [5, 5.41) is 22.3. The van der Waals surface area contributed by atoms with E-state index in [-0.39, 0.29) is 17.2 Å². The summed E-state index contributed by atoms with van der Waals surface area (Å²) in [6.07, 6.45) is 6.21. The van der Waals surface area contributed by atoms with Gasteiger partial charge in [0.15, 0.2) is 5.79 Å². The first-order chi connectivity index (χ1) is 15.4. The van der Waals surface area contributed by atoms with Gasteiger partial charge in [-0.05, 0) is 68.1 Å². The molecule has 4 fully saturated rings. The summed E-state index contributed by atoms with van der Waals surface area (Å²) >= 11 is 0. The van der Waals surface area contributed by atoms with Gasteiger partial charge >= 0.3 is 5.91 Å². The zero-order valence-electron chi connectivity index (χ0n) is 18.8. The molecule has 6 nitrogen and oxygen atoms in total. The first kappa shape index (κ1) is 22.9. The van der Waals surface area contributed by atoms with Crippen LogP contribution in [0.3, 0.4) is 0 Å². The molecule has 4 saturated carbocycles. The van der Waals surface area contributed by atoms with Crippen LogP contribution in [0.4, 0.5) is 0 Å². The zero-order valence-corrected chi connectivity index (χ0v) is 18.8. The van der Waals surface area contributed by atoms with Crippen molar-refractivity contribution in [3.63, 3.8) is 0 Å². The fraction of sp³-hybridized carbons (Fsp3) is 0.500. The summed E-state index contributed by atoms with van der Waals surface area (Å²) in [5.74, 6) is -0.202. The number of carbonyl (C=O) groups excluding carboxylic acids is 1. The number of benzene rings is 2. The third-order valence-corrected chi connectivity index (χ3v) is 7.51. The van der Waals surface area contributed by atoms with Gasteiger partial charge in [-0.1, -0.05) is 53.8 Å². The topological polar surface area (TPSA) is 79.2 Å². The summed E-state index contributed by atoms with van der Waals surface area (Å²) < 4.78 is 0. The van der Waals surface area contributed by atoms with E-state index in [9.17, 15) is 15.0 Å². The first-order valence-electron chi connectivity index (χ1n) is 11.3. The van der Waals surface area contributed by atoms with Crippen LogP contribution in [0.25, 0.3) is 0 Å². The second-order valence-corrected chi connectivity index (χ2v) is 9.51. The minimum atomic E-state index is -1.45. The van der Waals surface area contributed by atoms with E-state index in [1.54, 1.807) is 24.3 Å². The van der Waals surface area contributed by atoms with Crippen molar-refractivity contribution in [2.75, 3.05) is 14.2 Å². The predicted molar refractivity (Wildman–Crippen MR) is 120 cm³/mol. The largest absolute Gasteiger partial charge is 0.365 e. The maximum Gasteiger partial charge on any atom is 0.303 e. The number of rotatable bonds is 5. The number of hydrogen-bond acceptors (Lipinski definition) is 5. The molecule has 0 heterocycles. The van der Waals surface area contributed by atoms with Crippen LogP contribution in [0.5, 0.6) is 0 Å². The lowest BCUT2D eigenvalue weighted by Crippen LogP contribution is -2.65. The highest BCUT2D eigenvalue weighted by Gasteiger charge is 2.64. The normalized spacial score (nSPS) is 29.2. The fourth-order valence-corrected chi connectivity index (χ4v) is 6.34. The Kier molecular flexibility index (Phi) is 6.67. The van der Waals surface area contributed by atoms with Crippen molar-refractivity contribution in [2.24, 2.45) is 23.2 Å². The Morgan fingerprint density at radius 3 is 1.97 bits per heavy atom. The van der Waals surface area contributed by atoms with E-state index >= 15 is 0 Å².